The van der Waals surface area contributed by atoms with Crippen molar-refractivity contribution in [1.29, 1.82) is 0 Å². The topological polar surface area (TPSA) is 124 Å². The van der Waals surface area contributed by atoms with Crippen LogP contribution in [0.2, 0.25) is 0 Å². The standard InChI is InChI=1S/C35H53BrO10/c1-9-41-28(37)25(29(38)42-10-2)26-30(43-23-15-19(7)11-13-21(23)17(3)4)45-32(39)34(26)27-31(46-33(40)35(27,34)36)44-24-16-20(8)12-14-22(24)18(5)6/h17-27,30-31H,9-16H2,1-8H3/t19-,20-,21+,22+,23-,24-,26?,27?,30-,31?,34?,35-/m1/s1. The van der Waals surface area contributed by atoms with Gasteiger partial charge in [0, 0.05) is 0 Å². The van der Waals surface area contributed by atoms with E-state index >= 15 is 0 Å². The maximum absolute atomic E-state index is 14.3. The zero-order valence-electron chi connectivity index (χ0n) is 28.6. The number of fused-ring (bicyclic) bond motifs is 3. The third-order valence-corrected chi connectivity index (χ3v) is 13.1. The molecule has 260 valence electrons. The highest BCUT2D eigenvalue weighted by Gasteiger charge is 2.97. The van der Waals surface area contributed by atoms with Crippen LogP contribution in [-0.4, -0.2) is 66.2 Å². The lowest BCUT2D eigenvalue weighted by Gasteiger charge is -2.40. The summed E-state index contributed by atoms with van der Waals surface area (Å²) in [5.41, 5.74) is -1.66. The number of esters is 4. The van der Waals surface area contributed by atoms with Gasteiger partial charge in [-0.1, -0.05) is 70.3 Å². The zero-order valence-corrected chi connectivity index (χ0v) is 30.2. The molecule has 5 rings (SSSR count). The molecule has 0 radical (unpaired) electrons. The second-order valence-electron chi connectivity index (χ2n) is 15.1. The molecule has 0 N–H and O–H groups in total. The molecule has 0 aromatic heterocycles. The minimum atomic E-state index is -1.66. The fourth-order valence-corrected chi connectivity index (χ4v) is 10.4. The number of hydrogen-bond donors (Lipinski definition) is 0. The van der Waals surface area contributed by atoms with Crippen LogP contribution in [0, 0.1) is 58.7 Å². The van der Waals surface area contributed by atoms with Gasteiger partial charge in [-0.05, 0) is 75.0 Å². The van der Waals surface area contributed by atoms with Crippen LogP contribution in [0.5, 0.6) is 0 Å². The minimum Gasteiger partial charge on any atom is -0.465 e. The number of halogens is 1. The first-order valence-electron chi connectivity index (χ1n) is 17.5. The molecule has 11 heteroatoms. The van der Waals surface area contributed by atoms with E-state index in [9.17, 15) is 19.2 Å². The van der Waals surface area contributed by atoms with Gasteiger partial charge in [0.05, 0.1) is 37.3 Å². The molecule has 0 amide bonds. The van der Waals surface area contributed by atoms with E-state index in [2.05, 4.69) is 57.5 Å². The summed E-state index contributed by atoms with van der Waals surface area (Å²) in [6.07, 6.45) is 2.83. The molecule has 0 aromatic carbocycles. The summed E-state index contributed by atoms with van der Waals surface area (Å²) in [6, 6.07) is 0. The highest BCUT2D eigenvalue weighted by molar-refractivity contribution is 9.10. The molecule has 3 saturated carbocycles. The first-order valence-corrected chi connectivity index (χ1v) is 18.3. The Hall–Kier alpha value is -1.72. The van der Waals surface area contributed by atoms with Gasteiger partial charge in [-0.3, -0.25) is 19.2 Å². The number of carbonyl (C=O) groups is 4. The highest BCUT2D eigenvalue weighted by Crippen LogP contribution is 2.80. The van der Waals surface area contributed by atoms with Crippen molar-refractivity contribution < 1.29 is 47.6 Å². The van der Waals surface area contributed by atoms with Crippen LogP contribution in [-0.2, 0) is 47.6 Å². The molecule has 2 aliphatic heterocycles. The monoisotopic (exact) mass is 712 g/mol. The summed E-state index contributed by atoms with van der Waals surface area (Å²) in [5, 5.41) is 0. The van der Waals surface area contributed by atoms with Crippen molar-refractivity contribution in [3.05, 3.63) is 0 Å². The number of carbonyl (C=O) groups excluding carboxylic acids is 4. The summed E-state index contributed by atoms with van der Waals surface area (Å²) in [6.45, 7) is 16.3. The first kappa shape index (κ1) is 35.6. The number of hydrogen-bond acceptors (Lipinski definition) is 10. The average molecular weight is 714 g/mol. The van der Waals surface area contributed by atoms with Crippen LogP contribution in [0.3, 0.4) is 0 Å². The third-order valence-electron chi connectivity index (χ3n) is 11.6. The van der Waals surface area contributed by atoms with E-state index in [1.165, 1.54) is 0 Å². The third kappa shape index (κ3) is 5.82. The summed E-state index contributed by atoms with van der Waals surface area (Å²) in [5.74, 6) is -4.78. The Morgan fingerprint density at radius 1 is 0.783 bits per heavy atom. The van der Waals surface area contributed by atoms with Gasteiger partial charge >= 0.3 is 23.9 Å². The lowest BCUT2D eigenvalue weighted by molar-refractivity contribution is -0.211. The van der Waals surface area contributed by atoms with E-state index < -0.39 is 64.0 Å². The molecular weight excluding hydrogens is 660 g/mol. The lowest BCUT2D eigenvalue weighted by atomic mass is 9.74. The smallest absolute Gasteiger partial charge is 0.327 e. The van der Waals surface area contributed by atoms with Crippen LogP contribution in [0.25, 0.3) is 0 Å². The molecular formula is C35H53BrO10. The Morgan fingerprint density at radius 2 is 1.24 bits per heavy atom. The molecule has 4 unspecified atom stereocenters. The Morgan fingerprint density at radius 3 is 1.70 bits per heavy atom. The second kappa shape index (κ2) is 13.7. The van der Waals surface area contributed by atoms with E-state index in [0.717, 1.165) is 38.5 Å². The van der Waals surface area contributed by atoms with Crippen LogP contribution >= 0.6 is 15.9 Å². The molecule has 3 aliphatic carbocycles. The quantitative estimate of drug-likeness (QED) is 0.112. The van der Waals surface area contributed by atoms with Gasteiger partial charge in [-0.2, -0.15) is 0 Å². The molecule has 12 atom stereocenters. The van der Waals surface area contributed by atoms with Gasteiger partial charge in [0.1, 0.15) is 9.74 Å². The Labute approximate surface area is 281 Å². The van der Waals surface area contributed by atoms with E-state index in [1.54, 1.807) is 13.8 Å². The molecule has 10 nitrogen and oxygen atoms in total. The molecule has 0 bridgehead atoms. The Balaban J connectivity index is 1.56. The van der Waals surface area contributed by atoms with Crippen molar-refractivity contribution in [2.24, 2.45) is 58.7 Å². The minimum absolute atomic E-state index is 0.0114. The second-order valence-corrected chi connectivity index (χ2v) is 16.4. The van der Waals surface area contributed by atoms with Gasteiger partial charge in [0.25, 0.3) is 0 Å². The molecule has 2 heterocycles. The van der Waals surface area contributed by atoms with Crippen LogP contribution < -0.4 is 0 Å². The number of alkyl halides is 1. The van der Waals surface area contributed by atoms with Crippen LogP contribution in [0.15, 0.2) is 0 Å². The largest absolute Gasteiger partial charge is 0.465 e. The predicted molar refractivity (Wildman–Crippen MR) is 170 cm³/mol. The van der Waals surface area contributed by atoms with Crippen molar-refractivity contribution in [3.8, 4) is 0 Å². The number of ether oxygens (including phenoxy) is 6. The van der Waals surface area contributed by atoms with E-state index in [-0.39, 0.29) is 37.3 Å². The van der Waals surface area contributed by atoms with Crippen molar-refractivity contribution in [2.45, 2.75) is 123 Å². The van der Waals surface area contributed by atoms with E-state index in [4.69, 9.17) is 28.4 Å². The first-order chi connectivity index (χ1) is 21.7. The van der Waals surface area contributed by atoms with Crippen molar-refractivity contribution >= 4 is 39.8 Å². The maximum Gasteiger partial charge on any atom is 0.327 e. The normalized spacial score (nSPS) is 41.9. The summed E-state index contributed by atoms with van der Waals surface area (Å²) in [4.78, 5) is 55.4. The highest BCUT2D eigenvalue weighted by atomic mass is 79.9. The van der Waals surface area contributed by atoms with Gasteiger partial charge in [0.15, 0.2) is 5.92 Å². The molecule has 2 saturated heterocycles. The summed E-state index contributed by atoms with van der Waals surface area (Å²) >= 11 is 3.63. The predicted octanol–water partition coefficient (Wildman–Crippen LogP) is 5.82. The van der Waals surface area contributed by atoms with Gasteiger partial charge in [-0.15, -0.1) is 0 Å². The fraction of sp³-hybridized carbons (Fsp3) is 0.886. The fourth-order valence-electron chi connectivity index (χ4n) is 9.18. The zero-order chi connectivity index (χ0) is 33.7. The SMILES string of the molecule is CCOC(=O)C(C(=O)OCC)C1[C@H](O[C@@H]2C[C@H](C)CC[C@H]2C(C)C)OC(=O)C12C1C(O[C@@H]3C[C@H](C)CC[C@H]3C(C)C)OC(=O)[C@]12Br. The van der Waals surface area contributed by atoms with Gasteiger partial charge in [-0.25, -0.2) is 0 Å². The molecule has 1 spiro atoms. The van der Waals surface area contributed by atoms with Crippen molar-refractivity contribution in [1.82, 2.24) is 0 Å². The lowest BCUT2D eigenvalue weighted by Crippen LogP contribution is -2.49. The van der Waals surface area contributed by atoms with Gasteiger partial charge < -0.3 is 28.4 Å². The van der Waals surface area contributed by atoms with Crippen LogP contribution in [0.4, 0.5) is 0 Å². The Bertz CT molecular complexity index is 1160. The number of rotatable bonds is 11. The van der Waals surface area contributed by atoms with Gasteiger partial charge in [0.2, 0.25) is 12.6 Å². The van der Waals surface area contributed by atoms with E-state index in [0.29, 0.717) is 23.7 Å². The molecule has 0 aromatic rings. The molecule has 5 aliphatic rings. The Kier molecular flexibility index (Phi) is 10.6. The summed E-state index contributed by atoms with van der Waals surface area (Å²) < 4.78 is 34.5. The van der Waals surface area contributed by atoms with Crippen molar-refractivity contribution in [3.63, 3.8) is 0 Å². The molecule has 46 heavy (non-hydrogen) atoms. The summed E-state index contributed by atoms with van der Waals surface area (Å²) in [7, 11) is 0. The maximum atomic E-state index is 14.3. The van der Waals surface area contributed by atoms with Crippen molar-refractivity contribution in [2.75, 3.05) is 13.2 Å². The average Bonchev–Trinajstić information content (AvgIpc) is 3.31. The van der Waals surface area contributed by atoms with E-state index in [1.807, 2.05) is 0 Å². The number of cyclic esters (lactones) is 2. The van der Waals surface area contributed by atoms with Crippen LogP contribution in [0.1, 0.15) is 93.9 Å². The molecule has 5 fully saturated rings.